The Bertz CT molecular complexity index is 303. The van der Waals surface area contributed by atoms with Crippen molar-refractivity contribution in [3.63, 3.8) is 0 Å². The maximum absolute atomic E-state index is 10.7. The molecule has 0 bridgehead atoms. The minimum Gasteiger partial charge on any atom is -0.453 e. The lowest BCUT2D eigenvalue weighted by Gasteiger charge is -2.28. The van der Waals surface area contributed by atoms with E-state index in [1.165, 1.54) is 39.7 Å². The van der Waals surface area contributed by atoms with Crippen molar-refractivity contribution >= 4 is 12.0 Å². The van der Waals surface area contributed by atoms with Crippen LogP contribution >= 0.6 is 0 Å². The highest BCUT2D eigenvalue weighted by molar-refractivity contribution is 5.72. The normalized spacial score (nSPS) is 12.2. The summed E-state index contributed by atoms with van der Waals surface area (Å²) in [7, 11) is 2.94. The Balaban J connectivity index is 0. The molecule has 124 valence electrons. The lowest BCUT2D eigenvalue weighted by atomic mass is 9.93. The predicted molar refractivity (Wildman–Crippen MR) is 86.0 cm³/mol. The molecule has 0 heterocycles. The van der Waals surface area contributed by atoms with Gasteiger partial charge in [0.1, 0.15) is 0 Å². The lowest BCUT2D eigenvalue weighted by Crippen LogP contribution is -2.38. The Kier molecular flexibility index (Phi) is 15.1. The molecule has 1 fully saturated rings. The Labute approximate surface area is 128 Å². The molecular formula is C15H31N3O3. The number of amides is 2. The predicted octanol–water partition coefficient (Wildman–Crippen LogP) is 2.17. The molecule has 0 aromatic carbocycles. The minimum atomic E-state index is -0.420. The highest BCUT2D eigenvalue weighted by Gasteiger charge is 2.16. The Morgan fingerprint density at radius 2 is 1.76 bits per heavy atom. The summed E-state index contributed by atoms with van der Waals surface area (Å²) in [5, 5.41) is 8.18. The van der Waals surface area contributed by atoms with Crippen LogP contribution in [0.25, 0.3) is 0 Å². The number of hydrogen-bond acceptors (Lipinski definition) is 4. The van der Waals surface area contributed by atoms with E-state index < -0.39 is 6.09 Å². The van der Waals surface area contributed by atoms with Crippen molar-refractivity contribution in [2.24, 2.45) is 0 Å². The molecule has 1 aliphatic carbocycles. The average Bonchev–Trinajstić information content (AvgIpc) is 2.41. The van der Waals surface area contributed by atoms with Crippen LogP contribution in [0.15, 0.2) is 12.3 Å². The lowest BCUT2D eigenvalue weighted by molar-refractivity contribution is -0.118. The van der Waals surface area contributed by atoms with Gasteiger partial charge in [0, 0.05) is 25.7 Å². The van der Waals surface area contributed by atoms with E-state index in [1.54, 1.807) is 7.05 Å². The zero-order chi connectivity index (χ0) is 16.7. The third kappa shape index (κ3) is 16.2. The molecule has 0 spiro atoms. The third-order valence-electron chi connectivity index (χ3n) is 2.50. The standard InChI is InChI=1S/C9H16N2O2.C3H7NO.C3H8/c1-7(6-10-9(12)13-2)11-8-4-3-5-8;1-3(5)4-2;1-3-2/h8,11H,1,3-6H2,2H3,(H,10,12);1-2H3,(H,4,5);3H2,1-2H3. The van der Waals surface area contributed by atoms with Gasteiger partial charge in [0.05, 0.1) is 13.7 Å². The highest BCUT2D eigenvalue weighted by atomic mass is 16.5. The zero-order valence-corrected chi connectivity index (χ0v) is 14.0. The van der Waals surface area contributed by atoms with Crippen LogP contribution in [0.1, 0.15) is 46.5 Å². The van der Waals surface area contributed by atoms with Crippen molar-refractivity contribution in [3.8, 4) is 0 Å². The average molecular weight is 301 g/mol. The summed E-state index contributed by atoms with van der Waals surface area (Å²) in [5.74, 6) is 0.00463. The van der Waals surface area contributed by atoms with Gasteiger partial charge in [-0.05, 0) is 19.3 Å². The van der Waals surface area contributed by atoms with Crippen molar-refractivity contribution in [3.05, 3.63) is 12.3 Å². The van der Waals surface area contributed by atoms with Crippen LogP contribution in [0.3, 0.4) is 0 Å². The maximum atomic E-state index is 10.7. The Hall–Kier alpha value is -1.72. The summed E-state index contributed by atoms with van der Waals surface area (Å²) >= 11 is 0. The Morgan fingerprint density at radius 3 is 2.05 bits per heavy atom. The van der Waals surface area contributed by atoms with Crippen molar-refractivity contribution < 1.29 is 14.3 Å². The first kappa shape index (κ1) is 21.6. The fourth-order valence-electron chi connectivity index (χ4n) is 1.14. The van der Waals surface area contributed by atoms with Gasteiger partial charge < -0.3 is 20.7 Å². The first-order chi connectivity index (χ1) is 9.90. The molecule has 1 saturated carbocycles. The molecule has 0 aromatic heterocycles. The third-order valence-corrected chi connectivity index (χ3v) is 2.50. The van der Waals surface area contributed by atoms with E-state index in [0.717, 1.165) is 5.70 Å². The van der Waals surface area contributed by atoms with E-state index in [9.17, 15) is 9.59 Å². The number of carbonyl (C=O) groups is 2. The molecule has 0 aliphatic heterocycles. The molecule has 21 heavy (non-hydrogen) atoms. The van der Waals surface area contributed by atoms with E-state index in [0.29, 0.717) is 12.6 Å². The summed E-state index contributed by atoms with van der Waals surface area (Å²) in [6, 6.07) is 0.562. The van der Waals surface area contributed by atoms with E-state index in [2.05, 4.69) is 41.1 Å². The van der Waals surface area contributed by atoms with Crippen LogP contribution < -0.4 is 16.0 Å². The van der Waals surface area contributed by atoms with Crippen molar-refractivity contribution in [2.45, 2.75) is 52.5 Å². The second-order valence-electron chi connectivity index (χ2n) is 4.73. The van der Waals surface area contributed by atoms with Gasteiger partial charge in [-0.1, -0.05) is 26.8 Å². The van der Waals surface area contributed by atoms with Crippen LogP contribution in [0.4, 0.5) is 4.79 Å². The van der Waals surface area contributed by atoms with Crippen LogP contribution in [0, 0.1) is 0 Å². The van der Waals surface area contributed by atoms with E-state index in [1.807, 2.05) is 0 Å². The summed E-state index contributed by atoms with van der Waals surface area (Å²) in [5.41, 5.74) is 0.843. The van der Waals surface area contributed by atoms with Crippen molar-refractivity contribution in [1.29, 1.82) is 0 Å². The van der Waals surface area contributed by atoms with Gasteiger partial charge in [-0.15, -0.1) is 0 Å². The van der Waals surface area contributed by atoms with Crippen LogP contribution in [0.2, 0.25) is 0 Å². The minimum absolute atomic E-state index is 0.00463. The van der Waals surface area contributed by atoms with Gasteiger partial charge in [0.25, 0.3) is 0 Å². The first-order valence-electron chi connectivity index (χ1n) is 7.35. The number of methoxy groups -OCH3 is 1. The van der Waals surface area contributed by atoms with Crippen LogP contribution in [-0.4, -0.2) is 38.7 Å². The SMILES string of the molecule is C=C(CNC(=O)OC)NC1CCC1.CCC.CNC(C)=O. The second kappa shape index (κ2) is 14.7. The smallest absolute Gasteiger partial charge is 0.407 e. The van der Waals surface area contributed by atoms with Gasteiger partial charge in [-0.25, -0.2) is 4.79 Å². The Morgan fingerprint density at radius 1 is 1.29 bits per heavy atom. The second-order valence-corrected chi connectivity index (χ2v) is 4.73. The largest absolute Gasteiger partial charge is 0.453 e. The summed E-state index contributed by atoms with van der Waals surface area (Å²) < 4.78 is 4.43. The van der Waals surface area contributed by atoms with E-state index in [-0.39, 0.29) is 5.91 Å². The molecule has 6 heteroatoms. The van der Waals surface area contributed by atoms with Crippen LogP contribution in [0.5, 0.6) is 0 Å². The molecule has 0 unspecified atom stereocenters. The molecule has 6 nitrogen and oxygen atoms in total. The first-order valence-corrected chi connectivity index (χ1v) is 7.35. The van der Waals surface area contributed by atoms with Gasteiger partial charge in [-0.3, -0.25) is 4.79 Å². The fraction of sp³-hybridized carbons (Fsp3) is 0.733. The molecule has 0 radical (unpaired) electrons. The molecular weight excluding hydrogens is 270 g/mol. The quantitative estimate of drug-likeness (QED) is 0.743. The number of rotatable bonds is 4. The molecule has 3 N–H and O–H groups in total. The van der Waals surface area contributed by atoms with Crippen LogP contribution in [-0.2, 0) is 9.53 Å². The summed E-state index contributed by atoms with van der Waals surface area (Å²) in [4.78, 5) is 20.4. The molecule has 1 rings (SSSR count). The summed E-state index contributed by atoms with van der Waals surface area (Å²) in [6.45, 7) is 9.96. The molecule has 0 saturated heterocycles. The number of carbonyl (C=O) groups excluding carboxylic acids is 2. The monoisotopic (exact) mass is 301 g/mol. The van der Waals surface area contributed by atoms with E-state index in [4.69, 9.17) is 0 Å². The van der Waals surface area contributed by atoms with Gasteiger partial charge >= 0.3 is 6.09 Å². The fourth-order valence-corrected chi connectivity index (χ4v) is 1.14. The number of ether oxygens (including phenoxy) is 1. The molecule has 0 atom stereocenters. The molecule has 2 amide bonds. The van der Waals surface area contributed by atoms with Crippen molar-refractivity contribution in [2.75, 3.05) is 20.7 Å². The topological polar surface area (TPSA) is 79.5 Å². The number of hydrogen-bond donors (Lipinski definition) is 3. The molecule has 0 aromatic rings. The number of alkyl carbamates (subject to hydrolysis) is 1. The van der Waals surface area contributed by atoms with Gasteiger partial charge in [0.2, 0.25) is 5.91 Å². The maximum Gasteiger partial charge on any atom is 0.407 e. The van der Waals surface area contributed by atoms with E-state index >= 15 is 0 Å². The summed E-state index contributed by atoms with van der Waals surface area (Å²) in [6.07, 6.45) is 4.53. The molecule has 1 aliphatic rings. The van der Waals surface area contributed by atoms with Gasteiger partial charge in [0.15, 0.2) is 0 Å². The number of nitrogens with one attached hydrogen (secondary N) is 3. The zero-order valence-electron chi connectivity index (χ0n) is 14.0. The highest BCUT2D eigenvalue weighted by Crippen LogP contribution is 2.18. The van der Waals surface area contributed by atoms with Crippen molar-refractivity contribution in [1.82, 2.24) is 16.0 Å². The van der Waals surface area contributed by atoms with Gasteiger partial charge in [-0.2, -0.15) is 0 Å².